The maximum absolute atomic E-state index is 11.6. The van der Waals surface area contributed by atoms with Crippen molar-refractivity contribution in [1.82, 2.24) is 5.32 Å². The standard InChI is InChI=1S/C14H21BrN2OS/c1-3-9-17-14(2,13(16)18)8-10-19-12-7-5-4-6-11(12)15/h4-7,17H,3,8-10H2,1-2H3,(H2,16,18). The number of nitrogens with two attached hydrogens (primary N) is 1. The van der Waals surface area contributed by atoms with Crippen LogP contribution >= 0.6 is 27.7 Å². The van der Waals surface area contributed by atoms with E-state index in [1.165, 1.54) is 4.90 Å². The Bertz CT molecular complexity index is 428. The maximum Gasteiger partial charge on any atom is 0.237 e. The molecule has 0 bridgehead atoms. The molecular formula is C14H21BrN2OS. The summed E-state index contributed by atoms with van der Waals surface area (Å²) in [6.07, 6.45) is 1.70. The first kappa shape index (κ1) is 16.5. The summed E-state index contributed by atoms with van der Waals surface area (Å²) in [7, 11) is 0. The van der Waals surface area contributed by atoms with Crippen LogP contribution in [0, 0.1) is 0 Å². The van der Waals surface area contributed by atoms with Gasteiger partial charge in [0.25, 0.3) is 0 Å². The Morgan fingerprint density at radius 1 is 1.47 bits per heavy atom. The Morgan fingerprint density at radius 2 is 2.16 bits per heavy atom. The number of amides is 1. The molecule has 1 aromatic carbocycles. The van der Waals surface area contributed by atoms with Gasteiger partial charge < -0.3 is 11.1 Å². The molecule has 0 aliphatic carbocycles. The Morgan fingerprint density at radius 3 is 2.74 bits per heavy atom. The zero-order valence-electron chi connectivity index (χ0n) is 11.4. The van der Waals surface area contributed by atoms with Gasteiger partial charge in [-0.1, -0.05) is 19.1 Å². The molecule has 1 rings (SSSR count). The highest BCUT2D eigenvalue weighted by Gasteiger charge is 2.29. The second-order valence-electron chi connectivity index (χ2n) is 4.65. The largest absolute Gasteiger partial charge is 0.368 e. The Labute approximate surface area is 127 Å². The third kappa shape index (κ3) is 5.16. The smallest absolute Gasteiger partial charge is 0.237 e. The highest BCUT2D eigenvalue weighted by Crippen LogP contribution is 2.28. The van der Waals surface area contributed by atoms with E-state index in [-0.39, 0.29) is 5.91 Å². The van der Waals surface area contributed by atoms with Gasteiger partial charge in [0.15, 0.2) is 0 Å². The summed E-state index contributed by atoms with van der Waals surface area (Å²) >= 11 is 5.25. The minimum Gasteiger partial charge on any atom is -0.368 e. The van der Waals surface area contributed by atoms with Crippen molar-refractivity contribution in [3.8, 4) is 0 Å². The molecule has 3 N–H and O–H groups in total. The number of rotatable bonds is 8. The molecule has 0 aliphatic heterocycles. The van der Waals surface area contributed by atoms with Gasteiger partial charge in [0.1, 0.15) is 0 Å². The average molecular weight is 345 g/mol. The number of halogens is 1. The predicted molar refractivity (Wildman–Crippen MR) is 85.4 cm³/mol. The highest BCUT2D eigenvalue weighted by molar-refractivity contribution is 9.10. The van der Waals surface area contributed by atoms with Gasteiger partial charge in [-0.25, -0.2) is 0 Å². The minimum absolute atomic E-state index is 0.284. The molecule has 0 radical (unpaired) electrons. The number of carbonyl (C=O) groups is 1. The number of nitrogens with one attached hydrogen (secondary N) is 1. The molecule has 0 aliphatic rings. The number of benzene rings is 1. The number of hydrogen-bond acceptors (Lipinski definition) is 3. The van der Waals surface area contributed by atoms with Crippen molar-refractivity contribution in [3.63, 3.8) is 0 Å². The lowest BCUT2D eigenvalue weighted by Gasteiger charge is -2.27. The first-order valence-corrected chi connectivity index (χ1v) is 8.19. The monoisotopic (exact) mass is 344 g/mol. The van der Waals surface area contributed by atoms with Crippen LogP contribution in [0.5, 0.6) is 0 Å². The van der Waals surface area contributed by atoms with Gasteiger partial charge in [-0.2, -0.15) is 0 Å². The fourth-order valence-corrected chi connectivity index (χ4v) is 3.37. The molecule has 0 saturated carbocycles. The molecule has 1 amide bonds. The molecule has 19 heavy (non-hydrogen) atoms. The average Bonchev–Trinajstić information content (AvgIpc) is 2.38. The van der Waals surface area contributed by atoms with Crippen LogP contribution in [0.1, 0.15) is 26.7 Å². The summed E-state index contributed by atoms with van der Waals surface area (Å²) in [5, 5.41) is 3.25. The van der Waals surface area contributed by atoms with Crippen LogP contribution in [0.4, 0.5) is 0 Å². The van der Waals surface area contributed by atoms with Crippen molar-refractivity contribution in [3.05, 3.63) is 28.7 Å². The predicted octanol–water partition coefficient (Wildman–Crippen LogP) is 3.17. The maximum atomic E-state index is 11.6. The fourth-order valence-electron chi connectivity index (χ4n) is 1.63. The first-order chi connectivity index (χ1) is 8.99. The van der Waals surface area contributed by atoms with Crippen LogP contribution in [0.3, 0.4) is 0 Å². The molecule has 106 valence electrons. The van der Waals surface area contributed by atoms with Crippen LogP contribution in [0.15, 0.2) is 33.6 Å². The van der Waals surface area contributed by atoms with Crippen LogP contribution in [0.25, 0.3) is 0 Å². The van der Waals surface area contributed by atoms with Gasteiger partial charge >= 0.3 is 0 Å². The van der Waals surface area contributed by atoms with E-state index in [1.54, 1.807) is 11.8 Å². The van der Waals surface area contributed by atoms with Gasteiger partial charge in [0, 0.05) is 15.1 Å². The zero-order chi connectivity index (χ0) is 14.3. The van der Waals surface area contributed by atoms with Crippen molar-refractivity contribution in [2.75, 3.05) is 12.3 Å². The van der Waals surface area contributed by atoms with E-state index in [0.29, 0.717) is 6.42 Å². The second-order valence-corrected chi connectivity index (χ2v) is 6.64. The number of thioether (sulfide) groups is 1. The van der Waals surface area contributed by atoms with Crippen molar-refractivity contribution in [2.45, 2.75) is 37.1 Å². The van der Waals surface area contributed by atoms with E-state index in [0.717, 1.165) is 23.2 Å². The molecular weight excluding hydrogens is 324 g/mol. The number of hydrogen-bond donors (Lipinski definition) is 2. The normalized spacial score (nSPS) is 14.1. The van der Waals surface area contributed by atoms with Gasteiger partial charge in [0.05, 0.1) is 5.54 Å². The Kier molecular flexibility index (Phi) is 6.89. The van der Waals surface area contributed by atoms with Crippen LogP contribution in [-0.2, 0) is 4.79 Å². The third-order valence-corrected chi connectivity index (χ3v) is 5.03. The molecule has 3 nitrogen and oxygen atoms in total. The molecule has 5 heteroatoms. The lowest BCUT2D eigenvalue weighted by Crippen LogP contribution is -2.53. The van der Waals surface area contributed by atoms with Crippen molar-refractivity contribution in [1.29, 1.82) is 0 Å². The molecule has 0 fully saturated rings. The molecule has 0 spiro atoms. The molecule has 1 unspecified atom stereocenters. The van der Waals surface area contributed by atoms with Crippen LogP contribution < -0.4 is 11.1 Å². The quantitative estimate of drug-likeness (QED) is 0.712. The van der Waals surface area contributed by atoms with Gasteiger partial charge in [0.2, 0.25) is 5.91 Å². The van der Waals surface area contributed by atoms with E-state index in [1.807, 2.05) is 25.1 Å². The van der Waals surface area contributed by atoms with E-state index < -0.39 is 5.54 Å². The van der Waals surface area contributed by atoms with Crippen LogP contribution in [-0.4, -0.2) is 23.7 Å². The minimum atomic E-state index is -0.621. The summed E-state index contributed by atoms with van der Waals surface area (Å²) in [5.41, 5.74) is 4.88. The van der Waals surface area contributed by atoms with E-state index in [2.05, 4.69) is 34.2 Å². The first-order valence-electron chi connectivity index (χ1n) is 6.42. The number of primary amides is 1. The molecule has 0 aromatic heterocycles. The Balaban J connectivity index is 2.53. The van der Waals surface area contributed by atoms with Gasteiger partial charge in [-0.3, -0.25) is 4.79 Å². The molecule has 1 aromatic rings. The van der Waals surface area contributed by atoms with Gasteiger partial charge in [-0.05, 0) is 54.4 Å². The van der Waals surface area contributed by atoms with Crippen molar-refractivity contribution < 1.29 is 4.79 Å². The summed E-state index contributed by atoms with van der Waals surface area (Å²) < 4.78 is 1.09. The SMILES string of the molecule is CCCNC(C)(CCSc1ccccc1Br)C(N)=O. The van der Waals surface area contributed by atoms with E-state index in [4.69, 9.17) is 5.73 Å². The van der Waals surface area contributed by atoms with Crippen molar-refractivity contribution >= 4 is 33.6 Å². The lowest BCUT2D eigenvalue weighted by atomic mass is 9.98. The van der Waals surface area contributed by atoms with Crippen molar-refractivity contribution in [2.24, 2.45) is 5.73 Å². The molecule has 0 saturated heterocycles. The summed E-state index contributed by atoms with van der Waals surface area (Å²) in [5.74, 6) is 0.562. The lowest BCUT2D eigenvalue weighted by molar-refractivity contribution is -0.123. The van der Waals surface area contributed by atoms with E-state index >= 15 is 0 Å². The fraction of sp³-hybridized carbons (Fsp3) is 0.500. The summed E-state index contributed by atoms with van der Waals surface area (Å²) in [4.78, 5) is 12.8. The van der Waals surface area contributed by atoms with Crippen LogP contribution in [0.2, 0.25) is 0 Å². The zero-order valence-corrected chi connectivity index (χ0v) is 13.8. The third-order valence-electron chi connectivity index (χ3n) is 3.01. The molecule has 1 atom stereocenters. The summed E-state index contributed by atoms with van der Waals surface area (Å²) in [6, 6.07) is 8.08. The second kappa shape index (κ2) is 7.92. The number of carbonyl (C=O) groups excluding carboxylic acids is 1. The Hall–Kier alpha value is -0.520. The highest BCUT2D eigenvalue weighted by atomic mass is 79.9. The molecule has 0 heterocycles. The summed E-state index contributed by atoms with van der Waals surface area (Å²) in [6.45, 7) is 4.76. The topological polar surface area (TPSA) is 55.1 Å². The van der Waals surface area contributed by atoms with E-state index in [9.17, 15) is 4.79 Å². The van der Waals surface area contributed by atoms with Gasteiger partial charge in [-0.15, -0.1) is 11.8 Å².